The van der Waals surface area contributed by atoms with E-state index in [0.29, 0.717) is 32.5 Å². The highest BCUT2D eigenvalue weighted by molar-refractivity contribution is 5.95. The maximum Gasteiger partial charge on any atom is 0.407 e. The van der Waals surface area contributed by atoms with Crippen LogP contribution < -0.4 is 21.3 Å². The first-order chi connectivity index (χ1) is 16.7. The van der Waals surface area contributed by atoms with Gasteiger partial charge in [0.1, 0.15) is 0 Å². The molecular weight excluding hydrogens is 515 g/mol. The van der Waals surface area contributed by atoms with E-state index in [1.807, 2.05) is 68.4 Å². The number of nitrogens with two attached hydrogens (primary N) is 1. The van der Waals surface area contributed by atoms with Gasteiger partial charge in [-0.05, 0) is 35.4 Å². The van der Waals surface area contributed by atoms with Crippen LogP contribution in [-0.2, 0) is 22.5 Å². The molecule has 1 aliphatic rings. The normalized spacial score (nSPS) is 16.4. The fourth-order valence-corrected chi connectivity index (χ4v) is 4.62. The molecule has 5 N–H and O–H groups in total. The van der Waals surface area contributed by atoms with Crippen molar-refractivity contribution < 1.29 is 19.4 Å². The number of nitrogens with zero attached hydrogens (tertiary/aromatic N) is 1. The molecule has 0 aliphatic carbocycles. The summed E-state index contributed by atoms with van der Waals surface area (Å²) in [5.41, 5.74) is 8.92. The summed E-state index contributed by atoms with van der Waals surface area (Å²) in [7, 11) is 1.33. The number of rotatable bonds is 10. The average molecular weight is 556 g/mol. The zero-order chi connectivity index (χ0) is 25.4. The van der Waals surface area contributed by atoms with Crippen LogP contribution in [0.5, 0.6) is 0 Å². The topological polar surface area (TPSA) is 117 Å². The van der Waals surface area contributed by atoms with Crippen LogP contribution in [0.25, 0.3) is 0 Å². The van der Waals surface area contributed by atoms with Crippen LogP contribution in [0.3, 0.4) is 0 Å². The van der Waals surface area contributed by atoms with Crippen molar-refractivity contribution in [3.63, 3.8) is 0 Å². The van der Waals surface area contributed by atoms with E-state index in [4.69, 9.17) is 10.5 Å². The lowest BCUT2D eigenvalue weighted by atomic mass is 9.80. The van der Waals surface area contributed by atoms with Gasteiger partial charge in [-0.2, -0.15) is 0 Å². The third-order valence-electron chi connectivity index (χ3n) is 6.40. The summed E-state index contributed by atoms with van der Waals surface area (Å²) in [5.74, 6) is -0.0392. The molecule has 0 aromatic heterocycles. The lowest BCUT2D eigenvalue weighted by molar-refractivity contribution is -0.120. The van der Waals surface area contributed by atoms with Gasteiger partial charge in [0.15, 0.2) is 0 Å². The first-order valence-electron chi connectivity index (χ1n) is 12.1. The van der Waals surface area contributed by atoms with E-state index in [0.717, 1.165) is 16.8 Å². The number of carbonyl (C=O) groups excluding carboxylic acids is 2. The van der Waals surface area contributed by atoms with E-state index in [-0.39, 0.29) is 43.2 Å². The minimum absolute atomic E-state index is 0. The van der Waals surface area contributed by atoms with Crippen molar-refractivity contribution in [2.45, 2.75) is 57.8 Å². The van der Waals surface area contributed by atoms with Crippen molar-refractivity contribution in [2.75, 3.05) is 25.1 Å². The number of methoxy groups -OCH3 is 1. The van der Waals surface area contributed by atoms with Gasteiger partial charge in [0.2, 0.25) is 5.91 Å². The molecule has 0 saturated heterocycles. The molecular formula is C27H40Cl2N4O4. The van der Waals surface area contributed by atoms with E-state index >= 15 is 0 Å². The van der Waals surface area contributed by atoms with Crippen molar-refractivity contribution in [1.82, 2.24) is 10.6 Å². The Morgan fingerprint density at radius 2 is 1.78 bits per heavy atom. The van der Waals surface area contributed by atoms with Crippen LogP contribution in [0.15, 0.2) is 54.6 Å². The van der Waals surface area contributed by atoms with Gasteiger partial charge in [0.05, 0.1) is 19.3 Å². The number of hydrogen-bond donors (Lipinski definition) is 4. The van der Waals surface area contributed by atoms with Gasteiger partial charge in [0.25, 0.3) is 0 Å². The SMILES string of the molecule is COC(=O)NC1Cc2ccccc2N(C(=O)CC(C)(C)C[C@H](N)[C@@H](O)CNCc2ccccc2)C1.Cl.Cl. The van der Waals surface area contributed by atoms with Crippen LogP contribution >= 0.6 is 24.8 Å². The third-order valence-corrected chi connectivity index (χ3v) is 6.40. The fourth-order valence-electron chi connectivity index (χ4n) is 4.62. The van der Waals surface area contributed by atoms with Crippen LogP contribution in [0, 0.1) is 5.41 Å². The largest absolute Gasteiger partial charge is 0.453 e. The summed E-state index contributed by atoms with van der Waals surface area (Å²) in [6.45, 7) is 5.39. The van der Waals surface area contributed by atoms with Crippen molar-refractivity contribution >= 4 is 42.5 Å². The highest BCUT2D eigenvalue weighted by atomic mass is 35.5. The number of para-hydroxylation sites is 1. The standard InChI is InChI=1S/C27H38N4O4.2ClH/c1-27(2,14-22(28)24(32)17-29-16-19-9-5-4-6-10-19)15-25(33)31-18-21(30-26(34)35-3)13-20-11-7-8-12-23(20)31;;/h4-12,21-22,24,29,32H,13-18,28H2,1-3H3,(H,30,34);2*1H/t21?,22-,24-;;/m0../s1. The van der Waals surface area contributed by atoms with Gasteiger partial charge in [-0.25, -0.2) is 4.79 Å². The Morgan fingerprint density at radius 1 is 1.14 bits per heavy atom. The second-order valence-corrected chi connectivity index (χ2v) is 10.1. The molecule has 2 amide bonds. The third kappa shape index (κ3) is 9.79. The molecule has 3 atom stereocenters. The smallest absolute Gasteiger partial charge is 0.407 e. The maximum atomic E-state index is 13.4. The number of hydrogen-bond acceptors (Lipinski definition) is 6. The molecule has 2 aromatic carbocycles. The number of benzene rings is 2. The fraction of sp³-hybridized carbons (Fsp3) is 0.481. The predicted molar refractivity (Wildman–Crippen MR) is 151 cm³/mol. The second-order valence-electron chi connectivity index (χ2n) is 10.1. The number of amides is 2. The van der Waals surface area contributed by atoms with E-state index in [9.17, 15) is 14.7 Å². The summed E-state index contributed by atoms with van der Waals surface area (Å²) in [4.78, 5) is 26.9. The van der Waals surface area contributed by atoms with Crippen molar-refractivity contribution in [3.8, 4) is 0 Å². The molecule has 8 nitrogen and oxygen atoms in total. The zero-order valence-electron chi connectivity index (χ0n) is 21.7. The summed E-state index contributed by atoms with van der Waals surface area (Å²) >= 11 is 0. The lowest BCUT2D eigenvalue weighted by Crippen LogP contribution is -2.51. The molecule has 0 fully saturated rings. The first kappa shape index (κ1) is 32.7. The summed E-state index contributed by atoms with van der Waals surface area (Å²) in [6.07, 6.45) is 0.155. The van der Waals surface area contributed by atoms with Crippen LogP contribution in [-0.4, -0.2) is 55.5 Å². The molecule has 1 unspecified atom stereocenters. The number of alkyl carbamates (subject to hydrolysis) is 1. The Bertz CT molecular complexity index is 993. The average Bonchev–Trinajstić information content (AvgIpc) is 2.83. The number of anilines is 1. The van der Waals surface area contributed by atoms with Gasteiger partial charge in [-0.15, -0.1) is 24.8 Å². The van der Waals surface area contributed by atoms with E-state index in [1.54, 1.807) is 4.90 Å². The number of aliphatic hydroxyl groups excluding tert-OH is 1. The Balaban J connectivity index is 0.00000342. The van der Waals surface area contributed by atoms with Crippen LogP contribution in [0.2, 0.25) is 0 Å². The minimum atomic E-state index is -0.725. The van der Waals surface area contributed by atoms with Gasteiger partial charge in [-0.1, -0.05) is 62.4 Å². The number of carbonyl (C=O) groups is 2. The van der Waals surface area contributed by atoms with E-state index in [1.165, 1.54) is 7.11 Å². The summed E-state index contributed by atoms with van der Waals surface area (Å²) < 4.78 is 4.74. The minimum Gasteiger partial charge on any atom is -0.453 e. The predicted octanol–water partition coefficient (Wildman–Crippen LogP) is 3.43. The zero-order valence-corrected chi connectivity index (χ0v) is 23.3. The Morgan fingerprint density at radius 3 is 2.46 bits per heavy atom. The Hall–Kier alpha value is -2.36. The Labute approximate surface area is 232 Å². The van der Waals surface area contributed by atoms with Gasteiger partial charge in [-0.3, -0.25) is 4.79 Å². The van der Waals surface area contributed by atoms with E-state index < -0.39 is 23.7 Å². The highest BCUT2D eigenvalue weighted by Gasteiger charge is 2.34. The monoisotopic (exact) mass is 554 g/mol. The van der Waals surface area contributed by atoms with E-state index in [2.05, 4.69) is 10.6 Å². The highest BCUT2D eigenvalue weighted by Crippen LogP contribution is 2.32. The molecule has 10 heteroatoms. The van der Waals surface area contributed by atoms with Crippen molar-refractivity contribution in [3.05, 3.63) is 65.7 Å². The molecule has 1 aliphatic heterocycles. The van der Waals surface area contributed by atoms with Gasteiger partial charge >= 0.3 is 6.09 Å². The molecule has 0 spiro atoms. The number of halogens is 2. The molecule has 37 heavy (non-hydrogen) atoms. The first-order valence-corrected chi connectivity index (χ1v) is 12.1. The number of aliphatic hydroxyl groups is 1. The molecule has 0 saturated carbocycles. The maximum absolute atomic E-state index is 13.4. The second kappa shape index (κ2) is 15.1. The summed E-state index contributed by atoms with van der Waals surface area (Å²) in [6, 6.07) is 17.0. The van der Waals surface area contributed by atoms with Crippen LogP contribution in [0.1, 0.15) is 37.8 Å². The molecule has 0 radical (unpaired) electrons. The van der Waals surface area contributed by atoms with Gasteiger partial charge < -0.3 is 31.1 Å². The quantitative estimate of drug-likeness (QED) is 0.357. The molecule has 3 rings (SSSR count). The van der Waals surface area contributed by atoms with Crippen molar-refractivity contribution in [2.24, 2.45) is 11.1 Å². The van der Waals surface area contributed by atoms with Crippen LogP contribution in [0.4, 0.5) is 10.5 Å². The number of fused-ring (bicyclic) bond motifs is 1. The molecule has 0 bridgehead atoms. The lowest BCUT2D eigenvalue weighted by Gasteiger charge is -2.37. The molecule has 1 heterocycles. The number of nitrogens with one attached hydrogen (secondary N) is 2. The molecule has 206 valence electrons. The Kier molecular flexibility index (Phi) is 13.4. The van der Waals surface area contributed by atoms with Crippen molar-refractivity contribution in [1.29, 1.82) is 0 Å². The molecule has 2 aromatic rings. The summed E-state index contributed by atoms with van der Waals surface area (Å²) in [5, 5.41) is 16.6. The number of ether oxygens (including phenoxy) is 1. The van der Waals surface area contributed by atoms with Gasteiger partial charge in [0, 0.05) is 37.8 Å².